The average Bonchev–Trinajstić information content (AvgIpc) is 2.25. The Hall–Kier alpha value is -1.33. The molecule has 0 aliphatic rings. The maximum Gasteiger partial charge on any atom is 0.403 e. The number of hydrogen-bond acceptors (Lipinski definition) is 4. The number of hydrogen-bond donors (Lipinski definition) is 0. The van der Waals surface area contributed by atoms with Gasteiger partial charge < -0.3 is 4.74 Å². The molecule has 1 unspecified atom stereocenters. The molecule has 0 saturated heterocycles. The number of carbonyl (C=O) groups is 1. The average molecular weight is 264 g/mol. The Kier molecular flexibility index (Phi) is 4.52. The van der Waals surface area contributed by atoms with Crippen LogP contribution in [-0.4, -0.2) is 17.0 Å². The van der Waals surface area contributed by atoms with Crippen molar-refractivity contribution in [2.75, 3.05) is 6.61 Å². The molecule has 0 saturated carbocycles. The number of alkyl halides is 1. The quantitative estimate of drug-likeness (QED) is 0.362. The number of halogens is 2. The topological polar surface area (TPSA) is 69.4 Å². The Morgan fingerprint density at radius 1 is 1.50 bits per heavy atom. The molecule has 1 rings (SSSR count). The highest BCUT2D eigenvalue weighted by Gasteiger charge is 2.20. The zero-order valence-electron chi connectivity index (χ0n) is 7.93. The number of nitro groups is 1. The molecule has 0 N–H and O–H groups in total. The van der Waals surface area contributed by atoms with Gasteiger partial charge in [0.1, 0.15) is 6.61 Å². The number of carbonyl (C=O) groups excluding carboxylic acids is 1. The Morgan fingerprint density at radius 2 is 2.12 bits per heavy atom. The van der Waals surface area contributed by atoms with Gasteiger partial charge in [-0.2, -0.15) is 0 Å². The summed E-state index contributed by atoms with van der Waals surface area (Å²) in [5.41, 5.74) is -0.829. The van der Waals surface area contributed by atoms with Gasteiger partial charge in [0.05, 0.1) is 15.9 Å². The molecule has 1 atom stereocenters. The first-order valence-electron chi connectivity index (χ1n) is 4.22. The molecule has 0 aliphatic carbocycles. The number of nitro benzene ring substituents is 1. The van der Waals surface area contributed by atoms with Crippen molar-refractivity contribution >= 4 is 34.3 Å². The van der Waals surface area contributed by atoms with Crippen LogP contribution in [0.15, 0.2) is 24.3 Å². The summed E-state index contributed by atoms with van der Waals surface area (Å²) in [5.74, 6) is 0. The lowest BCUT2D eigenvalue weighted by atomic mass is 10.1. The summed E-state index contributed by atoms with van der Waals surface area (Å²) in [6.07, 6.45) is 0. The van der Waals surface area contributed by atoms with Crippen molar-refractivity contribution in [3.63, 3.8) is 0 Å². The van der Waals surface area contributed by atoms with E-state index in [1.54, 1.807) is 6.07 Å². The first kappa shape index (κ1) is 12.7. The van der Waals surface area contributed by atoms with Crippen LogP contribution in [0, 0.1) is 10.1 Å². The van der Waals surface area contributed by atoms with Gasteiger partial charge in [0.25, 0.3) is 5.69 Å². The smallest absolute Gasteiger partial charge is 0.403 e. The van der Waals surface area contributed by atoms with Crippen LogP contribution in [0.3, 0.4) is 0 Å². The maximum absolute atomic E-state index is 10.7. The van der Waals surface area contributed by atoms with E-state index in [0.717, 1.165) is 0 Å². The summed E-state index contributed by atoms with van der Waals surface area (Å²) < 4.78 is 4.46. The Morgan fingerprint density at radius 3 is 2.69 bits per heavy atom. The lowest BCUT2D eigenvalue weighted by Gasteiger charge is -2.09. The second-order valence-corrected chi connectivity index (χ2v) is 3.67. The fraction of sp³-hybridized carbons (Fsp3) is 0.222. The first-order valence-corrected chi connectivity index (χ1v) is 5.03. The van der Waals surface area contributed by atoms with Crippen molar-refractivity contribution in [1.29, 1.82) is 0 Å². The van der Waals surface area contributed by atoms with Crippen molar-refractivity contribution in [1.82, 2.24) is 0 Å². The molecule has 5 nitrogen and oxygen atoms in total. The monoisotopic (exact) mass is 263 g/mol. The fourth-order valence-corrected chi connectivity index (χ4v) is 1.46. The summed E-state index contributed by atoms with van der Waals surface area (Å²) in [7, 11) is 0. The molecule has 0 bridgehead atoms. The fourth-order valence-electron chi connectivity index (χ4n) is 1.15. The van der Waals surface area contributed by atoms with Gasteiger partial charge in [0, 0.05) is 17.7 Å². The van der Waals surface area contributed by atoms with Crippen molar-refractivity contribution in [2.45, 2.75) is 5.38 Å². The van der Waals surface area contributed by atoms with E-state index in [2.05, 4.69) is 4.74 Å². The van der Waals surface area contributed by atoms with E-state index >= 15 is 0 Å². The molecule has 1 aromatic carbocycles. The molecular formula is C9H7Cl2NO4. The number of para-hydroxylation sites is 1. The van der Waals surface area contributed by atoms with Gasteiger partial charge in [0.2, 0.25) is 0 Å². The molecule has 1 aromatic rings. The number of rotatable bonds is 4. The Bertz CT molecular complexity index is 410. The molecule has 0 fully saturated rings. The predicted octanol–water partition coefficient (Wildman–Crippen LogP) is 3.25. The highest BCUT2D eigenvalue weighted by molar-refractivity contribution is 6.61. The standard InChI is InChI=1S/C9H7Cl2NO4/c10-7(5-16-9(11)13)6-3-1-2-4-8(6)12(14)15/h1-4,7H,5H2. The van der Waals surface area contributed by atoms with Gasteiger partial charge in [-0.25, -0.2) is 4.79 Å². The molecule has 0 radical (unpaired) electrons. The Labute approximate surface area is 101 Å². The number of nitrogens with zero attached hydrogens (tertiary/aromatic N) is 1. The van der Waals surface area contributed by atoms with E-state index in [0.29, 0.717) is 0 Å². The molecule has 0 spiro atoms. The lowest BCUT2D eigenvalue weighted by molar-refractivity contribution is -0.385. The third-order valence-corrected chi connectivity index (χ3v) is 2.28. The summed E-state index contributed by atoms with van der Waals surface area (Å²) in [4.78, 5) is 20.5. The molecule has 0 aromatic heterocycles. The van der Waals surface area contributed by atoms with E-state index in [9.17, 15) is 14.9 Å². The van der Waals surface area contributed by atoms with Crippen LogP contribution in [0.25, 0.3) is 0 Å². The van der Waals surface area contributed by atoms with Crippen LogP contribution >= 0.6 is 23.2 Å². The van der Waals surface area contributed by atoms with Gasteiger partial charge in [0.15, 0.2) is 0 Å². The summed E-state index contributed by atoms with van der Waals surface area (Å²) in [6.45, 7) is -0.214. The van der Waals surface area contributed by atoms with Crippen LogP contribution in [0.5, 0.6) is 0 Å². The normalized spacial score (nSPS) is 11.9. The highest BCUT2D eigenvalue weighted by atomic mass is 35.5. The highest BCUT2D eigenvalue weighted by Crippen LogP contribution is 2.29. The lowest BCUT2D eigenvalue weighted by Crippen LogP contribution is -2.06. The van der Waals surface area contributed by atoms with E-state index in [1.165, 1.54) is 18.2 Å². The molecule has 0 amide bonds. The van der Waals surface area contributed by atoms with E-state index in [4.69, 9.17) is 23.2 Å². The second-order valence-electron chi connectivity index (χ2n) is 2.83. The van der Waals surface area contributed by atoms with Crippen LogP contribution < -0.4 is 0 Å². The van der Waals surface area contributed by atoms with Crippen molar-refractivity contribution in [3.8, 4) is 0 Å². The number of benzene rings is 1. The van der Waals surface area contributed by atoms with Gasteiger partial charge in [-0.05, 0) is 0 Å². The first-order chi connectivity index (χ1) is 7.52. The largest absolute Gasteiger partial charge is 0.452 e. The van der Waals surface area contributed by atoms with E-state index < -0.39 is 15.7 Å². The predicted molar refractivity (Wildman–Crippen MR) is 58.9 cm³/mol. The van der Waals surface area contributed by atoms with Gasteiger partial charge >= 0.3 is 5.43 Å². The zero-order chi connectivity index (χ0) is 12.1. The minimum atomic E-state index is -0.996. The van der Waals surface area contributed by atoms with Crippen molar-refractivity contribution in [2.24, 2.45) is 0 Å². The third kappa shape index (κ3) is 3.36. The minimum absolute atomic E-state index is 0.117. The van der Waals surface area contributed by atoms with E-state index in [1.807, 2.05) is 0 Å². The molecule has 7 heteroatoms. The third-order valence-electron chi connectivity index (χ3n) is 1.81. The minimum Gasteiger partial charge on any atom is -0.452 e. The summed E-state index contributed by atoms with van der Waals surface area (Å²) in [5, 5.41) is 9.88. The van der Waals surface area contributed by atoms with Gasteiger partial charge in [-0.3, -0.25) is 10.1 Å². The molecule has 0 heterocycles. The SMILES string of the molecule is O=C(Cl)OCC(Cl)c1ccccc1[N+](=O)[O-]. The maximum atomic E-state index is 10.7. The zero-order valence-corrected chi connectivity index (χ0v) is 9.44. The van der Waals surface area contributed by atoms with Crippen molar-refractivity contribution < 1.29 is 14.5 Å². The molecule has 16 heavy (non-hydrogen) atoms. The van der Waals surface area contributed by atoms with Crippen LogP contribution in [0.4, 0.5) is 10.5 Å². The van der Waals surface area contributed by atoms with E-state index in [-0.39, 0.29) is 17.9 Å². The van der Waals surface area contributed by atoms with Crippen LogP contribution in [-0.2, 0) is 4.74 Å². The second kappa shape index (κ2) is 5.67. The molecule has 86 valence electrons. The summed E-state index contributed by atoms with van der Waals surface area (Å²) >= 11 is 10.8. The van der Waals surface area contributed by atoms with Gasteiger partial charge in [-0.15, -0.1) is 11.6 Å². The molecule has 0 aliphatic heterocycles. The van der Waals surface area contributed by atoms with Crippen molar-refractivity contribution in [3.05, 3.63) is 39.9 Å². The van der Waals surface area contributed by atoms with Crippen LogP contribution in [0.2, 0.25) is 0 Å². The molecular weight excluding hydrogens is 257 g/mol. The van der Waals surface area contributed by atoms with Crippen LogP contribution in [0.1, 0.15) is 10.9 Å². The van der Waals surface area contributed by atoms with Gasteiger partial charge in [-0.1, -0.05) is 18.2 Å². The summed E-state index contributed by atoms with van der Waals surface area (Å²) in [6, 6.07) is 5.96. The Balaban J connectivity index is 2.85. The number of ether oxygens (including phenoxy) is 1.